The maximum Gasteiger partial charge on any atom is 0.231 e. The first-order chi connectivity index (χ1) is 10.3. The summed E-state index contributed by atoms with van der Waals surface area (Å²) in [6.07, 6.45) is 4.86. The maximum atomic E-state index is 11.1. The van der Waals surface area contributed by atoms with Crippen molar-refractivity contribution >= 4 is 22.9 Å². The van der Waals surface area contributed by atoms with Gasteiger partial charge in [-0.25, -0.2) is 4.98 Å². The monoisotopic (exact) mass is 284 g/mol. The minimum atomic E-state index is 0.102. The van der Waals surface area contributed by atoms with E-state index in [4.69, 9.17) is 9.47 Å². The van der Waals surface area contributed by atoms with Gasteiger partial charge in [0.1, 0.15) is 12.1 Å². The minimum Gasteiger partial charge on any atom is -0.454 e. The Labute approximate surface area is 122 Å². The number of benzene rings is 1. The van der Waals surface area contributed by atoms with Crippen molar-refractivity contribution in [3.05, 3.63) is 24.4 Å². The molecule has 1 aromatic carbocycles. The molecule has 108 valence electrons. The Morgan fingerprint density at radius 1 is 1.29 bits per heavy atom. The van der Waals surface area contributed by atoms with Crippen LogP contribution < -0.4 is 14.4 Å². The van der Waals surface area contributed by atoms with Gasteiger partial charge < -0.3 is 19.2 Å². The van der Waals surface area contributed by atoms with Gasteiger partial charge in [-0.05, 0) is 36.4 Å². The topological polar surface area (TPSA) is 51.7 Å². The highest BCUT2D eigenvalue weighted by molar-refractivity contribution is 5.94. The molecule has 1 atom stereocenters. The Morgan fingerprint density at radius 3 is 3.00 bits per heavy atom. The molecule has 21 heavy (non-hydrogen) atoms. The van der Waals surface area contributed by atoms with Gasteiger partial charge in [0.25, 0.3) is 0 Å². The molecule has 2 aliphatic heterocycles. The van der Waals surface area contributed by atoms with Crippen LogP contribution >= 0.6 is 0 Å². The van der Waals surface area contributed by atoms with Gasteiger partial charge in [-0.15, -0.1) is 0 Å². The van der Waals surface area contributed by atoms with Gasteiger partial charge in [-0.2, -0.15) is 0 Å². The number of rotatable bonds is 2. The zero-order chi connectivity index (χ0) is 14.2. The highest BCUT2D eigenvalue weighted by Gasteiger charge is 2.23. The molecule has 0 radical (unpaired) electrons. The summed E-state index contributed by atoms with van der Waals surface area (Å²) in [6.45, 7) is 1.94. The maximum absolute atomic E-state index is 11.1. The summed E-state index contributed by atoms with van der Waals surface area (Å²) in [6, 6.07) is 5.95. The van der Waals surface area contributed by atoms with Crippen LogP contribution in [0.25, 0.3) is 10.8 Å². The van der Waals surface area contributed by atoms with Crippen molar-refractivity contribution in [1.82, 2.24) is 4.98 Å². The standard InChI is InChI=1S/C16H16N2O3/c19-9-11-2-1-5-18(8-11)16-13-7-15-14(20-10-21-15)6-12(13)3-4-17-16/h3-4,6-7,9,11H,1-2,5,8,10H2. The van der Waals surface area contributed by atoms with Crippen molar-refractivity contribution in [2.45, 2.75) is 12.8 Å². The average molecular weight is 284 g/mol. The van der Waals surface area contributed by atoms with Crippen LogP contribution in [-0.2, 0) is 4.79 Å². The molecule has 4 rings (SSSR count). The molecule has 0 saturated carbocycles. The predicted molar refractivity (Wildman–Crippen MR) is 78.9 cm³/mol. The summed E-state index contributed by atoms with van der Waals surface area (Å²) >= 11 is 0. The van der Waals surface area contributed by atoms with E-state index in [-0.39, 0.29) is 12.7 Å². The van der Waals surface area contributed by atoms with Crippen molar-refractivity contribution in [2.75, 3.05) is 24.8 Å². The number of hydrogen-bond donors (Lipinski definition) is 0. The summed E-state index contributed by atoms with van der Waals surface area (Å²) < 4.78 is 10.9. The Balaban J connectivity index is 1.79. The molecule has 0 bridgehead atoms. The van der Waals surface area contributed by atoms with Crippen LogP contribution in [0.4, 0.5) is 5.82 Å². The van der Waals surface area contributed by atoms with Crippen LogP contribution in [0.5, 0.6) is 11.5 Å². The average Bonchev–Trinajstić information content (AvgIpc) is 2.99. The number of piperidine rings is 1. The van der Waals surface area contributed by atoms with Crippen LogP contribution in [0.15, 0.2) is 24.4 Å². The van der Waals surface area contributed by atoms with E-state index in [1.165, 1.54) is 0 Å². The number of aromatic nitrogens is 1. The van der Waals surface area contributed by atoms with E-state index in [0.29, 0.717) is 0 Å². The quantitative estimate of drug-likeness (QED) is 0.792. The van der Waals surface area contributed by atoms with Gasteiger partial charge in [-0.1, -0.05) is 0 Å². The van der Waals surface area contributed by atoms with E-state index in [0.717, 1.165) is 60.3 Å². The molecule has 0 amide bonds. The summed E-state index contributed by atoms with van der Waals surface area (Å²) in [4.78, 5) is 17.8. The Hall–Kier alpha value is -2.30. The second-order valence-electron chi connectivity index (χ2n) is 5.55. The van der Waals surface area contributed by atoms with Crippen LogP contribution in [0.2, 0.25) is 0 Å². The van der Waals surface area contributed by atoms with Crippen molar-refractivity contribution < 1.29 is 14.3 Å². The largest absolute Gasteiger partial charge is 0.454 e. The van der Waals surface area contributed by atoms with Crippen LogP contribution in [0.1, 0.15) is 12.8 Å². The van der Waals surface area contributed by atoms with Crippen LogP contribution in [0.3, 0.4) is 0 Å². The molecule has 2 aromatic rings. The number of nitrogens with zero attached hydrogens (tertiary/aromatic N) is 2. The fraction of sp³-hybridized carbons (Fsp3) is 0.375. The van der Waals surface area contributed by atoms with Gasteiger partial charge in [0, 0.05) is 30.6 Å². The first-order valence-electron chi connectivity index (χ1n) is 7.24. The molecule has 2 aliphatic rings. The molecule has 1 saturated heterocycles. The second kappa shape index (κ2) is 4.91. The number of aldehydes is 1. The van der Waals surface area contributed by atoms with Gasteiger partial charge in [-0.3, -0.25) is 0 Å². The Morgan fingerprint density at radius 2 is 2.14 bits per heavy atom. The SMILES string of the molecule is O=CC1CCCN(c2nccc3cc4c(cc23)OCO4)C1. The van der Waals surface area contributed by atoms with Gasteiger partial charge in [0.05, 0.1) is 0 Å². The van der Waals surface area contributed by atoms with Crippen molar-refractivity contribution in [3.63, 3.8) is 0 Å². The predicted octanol–water partition coefficient (Wildman–Crippen LogP) is 2.38. The molecular formula is C16H16N2O3. The molecule has 5 nitrogen and oxygen atoms in total. The fourth-order valence-electron chi connectivity index (χ4n) is 3.11. The molecule has 1 aromatic heterocycles. The number of ether oxygens (including phenoxy) is 2. The number of hydrogen-bond acceptors (Lipinski definition) is 5. The van der Waals surface area contributed by atoms with E-state index in [1.54, 1.807) is 0 Å². The number of anilines is 1. The molecule has 0 N–H and O–H groups in total. The second-order valence-corrected chi connectivity index (χ2v) is 5.55. The third kappa shape index (κ3) is 2.09. The Bertz CT molecular complexity index is 701. The summed E-state index contributed by atoms with van der Waals surface area (Å²) in [5, 5.41) is 2.13. The van der Waals surface area contributed by atoms with Crippen LogP contribution in [0, 0.1) is 5.92 Å². The highest BCUT2D eigenvalue weighted by atomic mass is 16.7. The molecule has 0 spiro atoms. The lowest BCUT2D eigenvalue weighted by Crippen LogP contribution is -2.36. The number of carbonyl (C=O) groups is 1. The number of carbonyl (C=O) groups excluding carboxylic acids is 1. The molecule has 1 fully saturated rings. The normalized spacial score (nSPS) is 20.8. The van der Waals surface area contributed by atoms with Crippen LogP contribution in [-0.4, -0.2) is 31.2 Å². The molecule has 3 heterocycles. The smallest absolute Gasteiger partial charge is 0.231 e. The number of fused-ring (bicyclic) bond motifs is 2. The zero-order valence-electron chi connectivity index (χ0n) is 11.6. The molecule has 5 heteroatoms. The van der Waals surface area contributed by atoms with E-state index < -0.39 is 0 Å². The molecule has 1 unspecified atom stereocenters. The van der Waals surface area contributed by atoms with E-state index in [2.05, 4.69) is 9.88 Å². The van der Waals surface area contributed by atoms with Gasteiger partial charge in [0.2, 0.25) is 6.79 Å². The number of pyridine rings is 1. The van der Waals surface area contributed by atoms with Crippen molar-refractivity contribution in [3.8, 4) is 11.5 Å². The summed E-state index contributed by atoms with van der Waals surface area (Å²) in [7, 11) is 0. The van der Waals surface area contributed by atoms with Crippen molar-refractivity contribution in [2.24, 2.45) is 5.92 Å². The first-order valence-corrected chi connectivity index (χ1v) is 7.24. The third-order valence-corrected chi connectivity index (χ3v) is 4.19. The highest BCUT2D eigenvalue weighted by Crippen LogP contribution is 2.39. The summed E-state index contributed by atoms with van der Waals surface area (Å²) in [5.41, 5.74) is 0. The zero-order valence-corrected chi connectivity index (χ0v) is 11.6. The van der Waals surface area contributed by atoms with E-state index in [1.807, 2.05) is 24.4 Å². The summed E-state index contributed by atoms with van der Waals surface area (Å²) in [5.74, 6) is 2.58. The minimum absolute atomic E-state index is 0.102. The van der Waals surface area contributed by atoms with E-state index >= 15 is 0 Å². The van der Waals surface area contributed by atoms with Crippen molar-refractivity contribution in [1.29, 1.82) is 0 Å². The molecule has 0 aliphatic carbocycles. The van der Waals surface area contributed by atoms with E-state index in [9.17, 15) is 4.79 Å². The lowest BCUT2D eigenvalue weighted by atomic mass is 9.99. The third-order valence-electron chi connectivity index (χ3n) is 4.19. The Kier molecular flexibility index (Phi) is 2.91. The fourth-order valence-corrected chi connectivity index (χ4v) is 3.11. The lowest BCUT2D eigenvalue weighted by molar-refractivity contribution is -0.111. The molecular weight excluding hydrogens is 268 g/mol. The lowest BCUT2D eigenvalue weighted by Gasteiger charge is -2.31. The first kappa shape index (κ1) is 12.4. The van der Waals surface area contributed by atoms with Gasteiger partial charge >= 0.3 is 0 Å². The van der Waals surface area contributed by atoms with Gasteiger partial charge in [0.15, 0.2) is 11.5 Å².